The second-order valence-electron chi connectivity index (χ2n) is 5.16. The van der Waals surface area contributed by atoms with Crippen molar-refractivity contribution in [2.24, 2.45) is 5.84 Å². The summed E-state index contributed by atoms with van der Waals surface area (Å²) in [5.41, 5.74) is 4.46. The number of hydrogen-bond donors (Lipinski definition) is 2. The standard InChI is InChI=1S/C16H16BrFN2O/c17-14-8-3-11(9-15(14)18)16(20-19)10-1-4-12(5-2-10)21-13-6-7-13/h1-5,8-9,13,16,20H,6-7,19H2. The van der Waals surface area contributed by atoms with Crippen molar-refractivity contribution in [2.75, 3.05) is 0 Å². The van der Waals surface area contributed by atoms with Gasteiger partial charge in [-0.25, -0.2) is 9.82 Å². The van der Waals surface area contributed by atoms with Crippen LogP contribution in [-0.2, 0) is 0 Å². The van der Waals surface area contributed by atoms with Crippen LogP contribution in [0.5, 0.6) is 5.75 Å². The number of hydrazine groups is 1. The number of nitrogens with two attached hydrogens (primary N) is 1. The molecule has 2 aromatic rings. The summed E-state index contributed by atoms with van der Waals surface area (Å²) in [6.07, 6.45) is 2.64. The van der Waals surface area contributed by atoms with Crippen LogP contribution in [0.3, 0.4) is 0 Å². The molecule has 1 saturated carbocycles. The van der Waals surface area contributed by atoms with Gasteiger partial charge >= 0.3 is 0 Å². The summed E-state index contributed by atoms with van der Waals surface area (Å²) < 4.78 is 19.8. The predicted molar refractivity (Wildman–Crippen MR) is 83.4 cm³/mol. The lowest BCUT2D eigenvalue weighted by Crippen LogP contribution is -2.28. The largest absolute Gasteiger partial charge is 0.490 e. The van der Waals surface area contributed by atoms with Crippen molar-refractivity contribution in [2.45, 2.75) is 25.0 Å². The molecule has 3 rings (SSSR count). The van der Waals surface area contributed by atoms with Crippen LogP contribution in [0.15, 0.2) is 46.9 Å². The van der Waals surface area contributed by atoms with Gasteiger partial charge in [-0.1, -0.05) is 18.2 Å². The molecule has 2 aromatic carbocycles. The molecule has 0 bridgehead atoms. The zero-order valence-electron chi connectivity index (χ0n) is 11.4. The Morgan fingerprint density at radius 3 is 2.38 bits per heavy atom. The SMILES string of the molecule is NNC(c1ccc(OC2CC2)cc1)c1ccc(Br)c(F)c1. The highest BCUT2D eigenvalue weighted by Gasteiger charge is 2.23. The maximum atomic E-state index is 13.7. The Morgan fingerprint density at radius 1 is 1.14 bits per heavy atom. The van der Waals surface area contributed by atoms with Gasteiger partial charge in [0.05, 0.1) is 16.6 Å². The van der Waals surface area contributed by atoms with Gasteiger partial charge in [-0.2, -0.15) is 0 Å². The lowest BCUT2D eigenvalue weighted by molar-refractivity contribution is 0.303. The lowest BCUT2D eigenvalue weighted by atomic mass is 9.99. The van der Waals surface area contributed by atoms with E-state index in [-0.39, 0.29) is 11.9 Å². The van der Waals surface area contributed by atoms with E-state index in [0.717, 1.165) is 29.7 Å². The maximum Gasteiger partial charge on any atom is 0.137 e. The molecular formula is C16H16BrFN2O. The molecule has 1 atom stereocenters. The first-order valence-corrected chi connectivity index (χ1v) is 7.64. The van der Waals surface area contributed by atoms with E-state index >= 15 is 0 Å². The van der Waals surface area contributed by atoms with E-state index in [1.54, 1.807) is 6.07 Å². The van der Waals surface area contributed by atoms with Gasteiger partial charge in [-0.05, 0) is 64.2 Å². The van der Waals surface area contributed by atoms with Crippen molar-refractivity contribution in [3.8, 4) is 5.75 Å². The number of nitrogens with one attached hydrogen (secondary N) is 1. The van der Waals surface area contributed by atoms with Crippen molar-refractivity contribution < 1.29 is 9.13 Å². The molecule has 1 aliphatic carbocycles. The topological polar surface area (TPSA) is 47.3 Å². The van der Waals surface area contributed by atoms with Crippen molar-refractivity contribution in [1.82, 2.24) is 5.43 Å². The molecule has 0 heterocycles. The van der Waals surface area contributed by atoms with E-state index in [0.29, 0.717) is 10.6 Å². The Morgan fingerprint density at radius 2 is 1.81 bits per heavy atom. The fraction of sp³-hybridized carbons (Fsp3) is 0.250. The van der Waals surface area contributed by atoms with Gasteiger partial charge in [-0.3, -0.25) is 5.84 Å². The summed E-state index contributed by atoms with van der Waals surface area (Å²) in [5, 5.41) is 0. The Balaban J connectivity index is 1.82. The van der Waals surface area contributed by atoms with Crippen molar-refractivity contribution in [1.29, 1.82) is 0 Å². The molecule has 1 fully saturated rings. The molecule has 110 valence electrons. The summed E-state index contributed by atoms with van der Waals surface area (Å²) in [6.45, 7) is 0. The van der Waals surface area contributed by atoms with E-state index in [9.17, 15) is 4.39 Å². The normalized spacial score (nSPS) is 15.8. The quantitative estimate of drug-likeness (QED) is 0.638. The second kappa shape index (κ2) is 6.13. The highest BCUT2D eigenvalue weighted by atomic mass is 79.9. The molecule has 1 aliphatic rings. The van der Waals surface area contributed by atoms with Crippen molar-refractivity contribution in [3.05, 3.63) is 63.9 Å². The van der Waals surface area contributed by atoms with Gasteiger partial charge in [0.1, 0.15) is 11.6 Å². The molecular weight excluding hydrogens is 335 g/mol. The van der Waals surface area contributed by atoms with Crippen LogP contribution in [0.25, 0.3) is 0 Å². The molecule has 0 aliphatic heterocycles. The van der Waals surface area contributed by atoms with Gasteiger partial charge in [0.25, 0.3) is 0 Å². The van der Waals surface area contributed by atoms with E-state index in [1.807, 2.05) is 30.3 Å². The minimum Gasteiger partial charge on any atom is -0.490 e. The van der Waals surface area contributed by atoms with Crippen LogP contribution in [0.4, 0.5) is 4.39 Å². The van der Waals surface area contributed by atoms with E-state index < -0.39 is 0 Å². The first-order valence-electron chi connectivity index (χ1n) is 6.85. The fourth-order valence-electron chi connectivity index (χ4n) is 2.19. The summed E-state index contributed by atoms with van der Waals surface area (Å²) in [5.74, 6) is 6.19. The molecule has 1 unspecified atom stereocenters. The van der Waals surface area contributed by atoms with E-state index in [2.05, 4.69) is 21.4 Å². The van der Waals surface area contributed by atoms with Gasteiger partial charge in [0.2, 0.25) is 0 Å². The molecule has 21 heavy (non-hydrogen) atoms. The maximum absolute atomic E-state index is 13.7. The van der Waals surface area contributed by atoms with Crippen molar-refractivity contribution >= 4 is 15.9 Å². The van der Waals surface area contributed by atoms with Crippen LogP contribution >= 0.6 is 15.9 Å². The summed E-state index contributed by atoms with van der Waals surface area (Å²) >= 11 is 3.15. The van der Waals surface area contributed by atoms with Crippen LogP contribution in [0, 0.1) is 5.82 Å². The first-order chi connectivity index (χ1) is 10.2. The smallest absolute Gasteiger partial charge is 0.137 e. The van der Waals surface area contributed by atoms with Crippen LogP contribution in [0.2, 0.25) is 0 Å². The molecule has 0 saturated heterocycles. The minimum atomic E-state index is -0.304. The third-order valence-corrected chi connectivity index (χ3v) is 4.13. The molecule has 0 radical (unpaired) electrons. The number of ether oxygens (including phenoxy) is 1. The number of benzene rings is 2. The Kier molecular flexibility index (Phi) is 4.24. The first kappa shape index (κ1) is 14.5. The molecule has 0 aromatic heterocycles. The Bertz CT molecular complexity index is 629. The van der Waals surface area contributed by atoms with Gasteiger partial charge in [0, 0.05) is 0 Å². The van der Waals surface area contributed by atoms with Gasteiger partial charge in [0.15, 0.2) is 0 Å². The van der Waals surface area contributed by atoms with Crippen LogP contribution in [-0.4, -0.2) is 6.10 Å². The Labute approximate surface area is 131 Å². The monoisotopic (exact) mass is 350 g/mol. The van der Waals surface area contributed by atoms with Crippen LogP contribution in [0.1, 0.15) is 30.0 Å². The third-order valence-electron chi connectivity index (χ3n) is 3.48. The second-order valence-corrected chi connectivity index (χ2v) is 6.01. The summed E-state index contributed by atoms with van der Waals surface area (Å²) in [6, 6.07) is 12.5. The number of halogens is 2. The van der Waals surface area contributed by atoms with E-state index in [4.69, 9.17) is 10.6 Å². The molecule has 3 N–H and O–H groups in total. The number of hydrogen-bond acceptors (Lipinski definition) is 3. The molecule has 5 heteroatoms. The highest BCUT2D eigenvalue weighted by molar-refractivity contribution is 9.10. The average molecular weight is 351 g/mol. The van der Waals surface area contributed by atoms with E-state index in [1.165, 1.54) is 6.07 Å². The average Bonchev–Trinajstić information content (AvgIpc) is 3.29. The molecule has 0 spiro atoms. The zero-order chi connectivity index (χ0) is 14.8. The van der Waals surface area contributed by atoms with Gasteiger partial charge in [-0.15, -0.1) is 0 Å². The third kappa shape index (κ3) is 3.43. The zero-order valence-corrected chi connectivity index (χ0v) is 12.9. The molecule has 0 amide bonds. The lowest BCUT2D eigenvalue weighted by Gasteiger charge is -2.17. The summed E-state index contributed by atoms with van der Waals surface area (Å²) in [7, 11) is 0. The van der Waals surface area contributed by atoms with Crippen LogP contribution < -0.4 is 16.0 Å². The fourth-order valence-corrected chi connectivity index (χ4v) is 2.44. The predicted octanol–water partition coefficient (Wildman–Crippen LogP) is 3.68. The minimum absolute atomic E-state index is 0.262. The molecule has 3 nitrogen and oxygen atoms in total. The summed E-state index contributed by atoms with van der Waals surface area (Å²) in [4.78, 5) is 0. The van der Waals surface area contributed by atoms with Gasteiger partial charge < -0.3 is 4.74 Å². The van der Waals surface area contributed by atoms with Crippen molar-refractivity contribution in [3.63, 3.8) is 0 Å². The Hall–Kier alpha value is -1.43. The highest BCUT2D eigenvalue weighted by Crippen LogP contribution is 2.29. The number of rotatable bonds is 5.